The molecule has 68 heavy (non-hydrogen) atoms. The van der Waals surface area contributed by atoms with Gasteiger partial charge in [0.25, 0.3) is 0 Å². The predicted molar refractivity (Wildman–Crippen MR) is 297 cm³/mol. The summed E-state index contributed by atoms with van der Waals surface area (Å²) in [5, 5.41) is 23.2. The number of carbonyl (C=O) groups is 2. The van der Waals surface area contributed by atoms with Gasteiger partial charge in [-0.3, -0.25) is 9.59 Å². The van der Waals surface area contributed by atoms with Crippen molar-refractivity contribution in [3.63, 3.8) is 0 Å². The van der Waals surface area contributed by atoms with Gasteiger partial charge in [-0.15, -0.1) is 0 Å². The molecule has 3 N–H and O–H groups in total. The second-order valence-corrected chi connectivity index (χ2v) is 21.4. The first-order chi connectivity index (χ1) is 33.5. The first-order valence-corrected chi connectivity index (χ1v) is 31.0. The Balaban J connectivity index is 3.45. The average Bonchev–Trinajstić information content (AvgIpc) is 3.34. The van der Waals surface area contributed by atoms with Crippen molar-refractivity contribution in [2.75, 3.05) is 13.2 Å². The molecular formula is C62H121NO5. The third-order valence-electron chi connectivity index (χ3n) is 14.6. The number of hydrogen-bond acceptors (Lipinski definition) is 5. The summed E-state index contributed by atoms with van der Waals surface area (Å²) >= 11 is 0. The van der Waals surface area contributed by atoms with Gasteiger partial charge in [0.1, 0.15) is 0 Å². The third-order valence-corrected chi connectivity index (χ3v) is 14.6. The van der Waals surface area contributed by atoms with Crippen LogP contribution in [0.3, 0.4) is 0 Å². The van der Waals surface area contributed by atoms with E-state index in [4.69, 9.17) is 4.74 Å². The smallest absolute Gasteiger partial charge is 0.305 e. The van der Waals surface area contributed by atoms with Crippen LogP contribution < -0.4 is 5.32 Å². The van der Waals surface area contributed by atoms with Crippen LogP contribution in [0, 0.1) is 0 Å². The lowest BCUT2D eigenvalue weighted by Crippen LogP contribution is -2.45. The van der Waals surface area contributed by atoms with Crippen molar-refractivity contribution in [1.82, 2.24) is 5.32 Å². The normalized spacial score (nSPS) is 12.6. The van der Waals surface area contributed by atoms with Crippen molar-refractivity contribution in [3.8, 4) is 0 Å². The van der Waals surface area contributed by atoms with Crippen LogP contribution in [0.1, 0.15) is 348 Å². The summed E-state index contributed by atoms with van der Waals surface area (Å²) in [5.74, 6) is -0.0668. The number of carbonyl (C=O) groups excluding carboxylic acids is 2. The number of aliphatic hydroxyl groups is 2. The van der Waals surface area contributed by atoms with E-state index in [2.05, 4.69) is 19.2 Å². The molecule has 0 fully saturated rings. The van der Waals surface area contributed by atoms with Crippen LogP contribution >= 0.6 is 0 Å². The molecule has 0 aliphatic carbocycles. The molecule has 0 rings (SSSR count). The molecule has 2 atom stereocenters. The number of aliphatic hydroxyl groups excluding tert-OH is 2. The van der Waals surface area contributed by atoms with E-state index in [-0.39, 0.29) is 18.5 Å². The fourth-order valence-corrected chi connectivity index (χ4v) is 9.81. The standard InChI is InChI=1S/C62H121NO5/c1-3-5-7-9-11-13-15-17-18-19-20-21-22-23-24-25-28-31-34-38-42-46-50-54-60(65)59(58-64)63-61(66)55-51-47-43-39-35-32-29-26-27-30-33-37-41-45-49-53-57-68-62(67)56-52-48-44-40-36-16-14-12-10-8-6-4-2/h50,54,59-60,64-65H,3-49,51-53,55-58H2,1-2H3,(H,63,66)/b54-50+. The molecule has 0 aromatic rings. The second kappa shape index (κ2) is 58.2. The molecule has 6 heteroatoms. The van der Waals surface area contributed by atoms with Crippen molar-refractivity contribution < 1.29 is 24.5 Å². The molecule has 0 saturated heterocycles. The molecule has 0 heterocycles. The Bertz CT molecular complexity index is 1020. The molecule has 0 aliphatic rings. The molecule has 0 bridgehead atoms. The molecule has 0 radical (unpaired) electrons. The molecule has 0 spiro atoms. The Kier molecular flexibility index (Phi) is 57.0. The number of unbranched alkanes of at least 4 members (excludes halogenated alkanes) is 47. The van der Waals surface area contributed by atoms with E-state index in [9.17, 15) is 19.8 Å². The zero-order chi connectivity index (χ0) is 49.3. The van der Waals surface area contributed by atoms with E-state index in [0.29, 0.717) is 19.4 Å². The van der Waals surface area contributed by atoms with Crippen LogP contribution in [0.25, 0.3) is 0 Å². The zero-order valence-corrected chi connectivity index (χ0v) is 46.1. The van der Waals surface area contributed by atoms with Gasteiger partial charge in [0.2, 0.25) is 5.91 Å². The van der Waals surface area contributed by atoms with Crippen LogP contribution in [0.5, 0.6) is 0 Å². The number of amides is 1. The Morgan fingerprint density at radius 2 is 0.676 bits per heavy atom. The summed E-state index contributed by atoms with van der Waals surface area (Å²) < 4.78 is 5.47. The fourth-order valence-electron chi connectivity index (χ4n) is 9.81. The van der Waals surface area contributed by atoms with Crippen molar-refractivity contribution in [3.05, 3.63) is 12.2 Å². The molecule has 2 unspecified atom stereocenters. The number of hydrogen-bond donors (Lipinski definition) is 3. The Morgan fingerprint density at radius 1 is 0.397 bits per heavy atom. The summed E-state index contributed by atoms with van der Waals surface area (Å²) in [6.45, 7) is 4.92. The molecule has 404 valence electrons. The molecule has 1 amide bonds. The molecule has 0 aliphatic heterocycles. The van der Waals surface area contributed by atoms with Crippen LogP contribution in [0.15, 0.2) is 12.2 Å². The van der Waals surface area contributed by atoms with Gasteiger partial charge >= 0.3 is 5.97 Å². The highest BCUT2D eigenvalue weighted by molar-refractivity contribution is 5.76. The van der Waals surface area contributed by atoms with E-state index in [1.807, 2.05) is 6.08 Å². The lowest BCUT2D eigenvalue weighted by atomic mass is 10.0. The van der Waals surface area contributed by atoms with Gasteiger partial charge in [-0.25, -0.2) is 0 Å². The van der Waals surface area contributed by atoms with Gasteiger partial charge in [0, 0.05) is 12.8 Å². The third kappa shape index (κ3) is 53.9. The van der Waals surface area contributed by atoms with Crippen LogP contribution in [-0.4, -0.2) is 47.4 Å². The van der Waals surface area contributed by atoms with Crippen LogP contribution in [-0.2, 0) is 14.3 Å². The topological polar surface area (TPSA) is 95.9 Å². The molecule has 0 aromatic heterocycles. The maximum absolute atomic E-state index is 12.5. The van der Waals surface area contributed by atoms with E-state index in [1.54, 1.807) is 6.08 Å². The summed E-state index contributed by atoms with van der Waals surface area (Å²) in [7, 11) is 0. The highest BCUT2D eigenvalue weighted by atomic mass is 16.5. The molecule has 0 aromatic carbocycles. The largest absolute Gasteiger partial charge is 0.466 e. The van der Waals surface area contributed by atoms with Crippen LogP contribution in [0.4, 0.5) is 0 Å². The maximum Gasteiger partial charge on any atom is 0.305 e. The highest BCUT2D eigenvalue weighted by Gasteiger charge is 2.18. The summed E-state index contributed by atoms with van der Waals surface area (Å²) in [6, 6.07) is -0.633. The number of rotatable bonds is 58. The Hall–Kier alpha value is -1.40. The lowest BCUT2D eigenvalue weighted by Gasteiger charge is -2.20. The number of nitrogens with one attached hydrogen (secondary N) is 1. The van der Waals surface area contributed by atoms with Crippen molar-refractivity contribution in [1.29, 1.82) is 0 Å². The van der Waals surface area contributed by atoms with Gasteiger partial charge in [-0.1, -0.05) is 315 Å². The van der Waals surface area contributed by atoms with Gasteiger partial charge in [-0.05, 0) is 32.1 Å². The first kappa shape index (κ1) is 66.6. The van der Waals surface area contributed by atoms with Crippen molar-refractivity contribution in [2.24, 2.45) is 0 Å². The van der Waals surface area contributed by atoms with Crippen molar-refractivity contribution in [2.45, 2.75) is 360 Å². The number of ether oxygens (including phenoxy) is 1. The van der Waals surface area contributed by atoms with Crippen molar-refractivity contribution >= 4 is 11.9 Å². The minimum Gasteiger partial charge on any atom is -0.466 e. The SMILES string of the molecule is CCCCCCCCCCCCCCCCCCCCCCC/C=C/C(O)C(CO)NC(=O)CCCCCCCCCCCCCCCCCCOC(=O)CCCCCCCCCCCCCC. The quantitative estimate of drug-likeness (QED) is 0.0321. The second-order valence-electron chi connectivity index (χ2n) is 21.4. The van der Waals surface area contributed by atoms with Gasteiger partial charge < -0.3 is 20.3 Å². The number of allylic oxidation sites excluding steroid dienone is 1. The number of esters is 1. The summed E-state index contributed by atoms with van der Waals surface area (Å²) in [5.41, 5.74) is 0. The monoisotopic (exact) mass is 960 g/mol. The van der Waals surface area contributed by atoms with E-state index in [1.165, 1.54) is 276 Å². The lowest BCUT2D eigenvalue weighted by molar-refractivity contribution is -0.143. The van der Waals surface area contributed by atoms with Gasteiger partial charge in [0.15, 0.2) is 0 Å². The Morgan fingerprint density at radius 3 is 1.00 bits per heavy atom. The minimum atomic E-state index is -0.849. The Labute approximate surface area is 425 Å². The molecule has 0 saturated carbocycles. The molecular weight excluding hydrogens is 839 g/mol. The summed E-state index contributed by atoms with van der Waals surface area (Å²) in [6.07, 6.45) is 69.6. The fraction of sp³-hybridized carbons (Fsp3) is 0.935. The first-order valence-electron chi connectivity index (χ1n) is 31.0. The molecule has 6 nitrogen and oxygen atoms in total. The van der Waals surface area contributed by atoms with Crippen LogP contribution in [0.2, 0.25) is 0 Å². The minimum absolute atomic E-state index is 0.00379. The highest BCUT2D eigenvalue weighted by Crippen LogP contribution is 2.18. The van der Waals surface area contributed by atoms with Gasteiger partial charge in [-0.2, -0.15) is 0 Å². The zero-order valence-electron chi connectivity index (χ0n) is 46.1. The average molecular weight is 961 g/mol. The maximum atomic E-state index is 12.5. The van der Waals surface area contributed by atoms with Gasteiger partial charge in [0.05, 0.1) is 25.4 Å². The predicted octanol–water partition coefficient (Wildman–Crippen LogP) is 19.2. The van der Waals surface area contributed by atoms with E-state index in [0.717, 1.165) is 44.9 Å². The van der Waals surface area contributed by atoms with E-state index < -0.39 is 12.1 Å². The summed E-state index contributed by atoms with van der Waals surface area (Å²) in [4.78, 5) is 24.5. The van der Waals surface area contributed by atoms with E-state index >= 15 is 0 Å².